The second-order valence-corrected chi connectivity index (χ2v) is 4.96. The highest BCUT2D eigenvalue weighted by Gasteiger charge is 2.40. The lowest BCUT2D eigenvalue weighted by molar-refractivity contribution is -0.190. The lowest BCUT2D eigenvalue weighted by Gasteiger charge is -2.39. The number of nitrogens with zero attached hydrogens (tertiary/aromatic N) is 1. The molecule has 3 heteroatoms. The van der Waals surface area contributed by atoms with E-state index in [9.17, 15) is 0 Å². The van der Waals surface area contributed by atoms with E-state index in [0.29, 0.717) is 0 Å². The van der Waals surface area contributed by atoms with Gasteiger partial charge in [-0.05, 0) is 18.9 Å². The zero-order valence-corrected chi connectivity index (χ0v) is 10.00. The normalized spacial score (nSPS) is 28.4. The molecule has 0 N–H and O–H groups in total. The molecule has 2 aliphatic rings. The van der Waals surface area contributed by atoms with Crippen molar-refractivity contribution in [2.24, 2.45) is 5.92 Å². The third-order valence-electron chi connectivity index (χ3n) is 3.58. The highest BCUT2D eigenvalue weighted by Crippen LogP contribution is 2.30. The van der Waals surface area contributed by atoms with Gasteiger partial charge in [-0.3, -0.25) is 4.90 Å². The summed E-state index contributed by atoms with van der Waals surface area (Å²) in [5.41, 5.74) is 0. The van der Waals surface area contributed by atoms with Crippen molar-refractivity contribution < 1.29 is 9.47 Å². The Morgan fingerprint density at radius 3 is 2.73 bits per heavy atom. The highest BCUT2D eigenvalue weighted by molar-refractivity contribution is 4.84. The van der Waals surface area contributed by atoms with E-state index >= 15 is 0 Å². The van der Waals surface area contributed by atoms with E-state index in [1.54, 1.807) is 0 Å². The van der Waals surface area contributed by atoms with Crippen molar-refractivity contribution in [1.82, 2.24) is 4.90 Å². The maximum atomic E-state index is 5.76. The van der Waals surface area contributed by atoms with E-state index in [4.69, 9.17) is 9.47 Å². The molecule has 0 aromatic heterocycles. The van der Waals surface area contributed by atoms with Gasteiger partial charge in [0.05, 0.1) is 19.8 Å². The molecule has 0 aliphatic carbocycles. The Bertz CT molecular complexity index is 202. The number of ether oxygens (including phenoxy) is 2. The van der Waals surface area contributed by atoms with Gasteiger partial charge in [-0.2, -0.15) is 0 Å². The fourth-order valence-electron chi connectivity index (χ4n) is 2.53. The van der Waals surface area contributed by atoms with Crippen LogP contribution < -0.4 is 0 Å². The van der Waals surface area contributed by atoms with Gasteiger partial charge < -0.3 is 9.47 Å². The quantitative estimate of drug-likeness (QED) is 0.714. The average molecular weight is 213 g/mol. The van der Waals surface area contributed by atoms with E-state index in [-0.39, 0.29) is 5.79 Å². The van der Waals surface area contributed by atoms with Crippen LogP contribution in [0, 0.1) is 5.92 Å². The molecule has 2 aliphatic heterocycles. The van der Waals surface area contributed by atoms with Gasteiger partial charge in [0.2, 0.25) is 0 Å². The number of hydrogen-bond acceptors (Lipinski definition) is 3. The second-order valence-electron chi connectivity index (χ2n) is 4.96. The molecule has 2 fully saturated rings. The van der Waals surface area contributed by atoms with Gasteiger partial charge >= 0.3 is 0 Å². The zero-order chi connectivity index (χ0) is 10.7. The van der Waals surface area contributed by atoms with E-state index in [2.05, 4.69) is 18.7 Å². The molecule has 0 aromatic rings. The van der Waals surface area contributed by atoms with Gasteiger partial charge in [-0.15, -0.1) is 0 Å². The average Bonchev–Trinajstić information content (AvgIpc) is 2.66. The minimum Gasteiger partial charge on any atom is -0.346 e. The lowest BCUT2D eigenvalue weighted by Crippen LogP contribution is -2.49. The van der Waals surface area contributed by atoms with Gasteiger partial charge in [0.1, 0.15) is 0 Å². The molecule has 0 bridgehead atoms. The van der Waals surface area contributed by atoms with Crippen LogP contribution in [0.3, 0.4) is 0 Å². The van der Waals surface area contributed by atoms with Crippen LogP contribution in [0.4, 0.5) is 0 Å². The first-order valence-electron chi connectivity index (χ1n) is 6.24. The third kappa shape index (κ3) is 2.71. The van der Waals surface area contributed by atoms with Gasteiger partial charge in [-0.1, -0.05) is 20.3 Å². The smallest absolute Gasteiger partial charge is 0.181 e. The first kappa shape index (κ1) is 11.4. The van der Waals surface area contributed by atoms with E-state index < -0.39 is 0 Å². The molecular weight excluding hydrogens is 190 g/mol. The monoisotopic (exact) mass is 213 g/mol. The molecule has 2 heterocycles. The van der Waals surface area contributed by atoms with Crippen LogP contribution in [0.15, 0.2) is 0 Å². The van der Waals surface area contributed by atoms with Gasteiger partial charge in [0.25, 0.3) is 0 Å². The fourth-order valence-corrected chi connectivity index (χ4v) is 2.53. The van der Waals surface area contributed by atoms with Crippen molar-refractivity contribution in [3.63, 3.8) is 0 Å². The van der Waals surface area contributed by atoms with Gasteiger partial charge in [-0.25, -0.2) is 0 Å². The molecule has 1 spiro atoms. The molecule has 3 nitrogen and oxygen atoms in total. The summed E-state index contributed by atoms with van der Waals surface area (Å²) in [5.74, 6) is 0.535. The molecule has 2 rings (SSSR count). The summed E-state index contributed by atoms with van der Waals surface area (Å²) in [5, 5.41) is 0. The van der Waals surface area contributed by atoms with Crippen LogP contribution in [0.5, 0.6) is 0 Å². The third-order valence-corrected chi connectivity index (χ3v) is 3.58. The maximum Gasteiger partial charge on any atom is 0.181 e. The minimum absolute atomic E-state index is 0.244. The van der Waals surface area contributed by atoms with Crippen LogP contribution in [0.25, 0.3) is 0 Å². The Labute approximate surface area is 92.7 Å². The number of hydrogen-bond donors (Lipinski definition) is 0. The molecule has 88 valence electrons. The molecule has 0 radical (unpaired) electrons. The van der Waals surface area contributed by atoms with Gasteiger partial charge in [0, 0.05) is 13.0 Å². The standard InChI is InChI=1S/C12H23NO2/c1-3-11(2)9-13-6-4-5-12(10-13)14-7-8-15-12/h11H,3-10H2,1-2H3. The largest absolute Gasteiger partial charge is 0.346 e. The van der Waals surface area contributed by atoms with Crippen molar-refractivity contribution >= 4 is 0 Å². The predicted molar refractivity (Wildman–Crippen MR) is 59.8 cm³/mol. The summed E-state index contributed by atoms with van der Waals surface area (Å²) in [7, 11) is 0. The summed E-state index contributed by atoms with van der Waals surface area (Å²) < 4.78 is 11.5. The van der Waals surface area contributed by atoms with Gasteiger partial charge in [0.15, 0.2) is 5.79 Å². The SMILES string of the molecule is CCC(C)CN1CCCC2(C1)OCCO2. The molecule has 1 atom stereocenters. The summed E-state index contributed by atoms with van der Waals surface area (Å²) in [4.78, 5) is 2.50. The minimum atomic E-state index is -0.244. The Morgan fingerprint density at radius 2 is 2.07 bits per heavy atom. The number of piperidine rings is 1. The number of likely N-dealkylation sites (tertiary alicyclic amines) is 1. The van der Waals surface area contributed by atoms with E-state index in [1.807, 2.05) is 0 Å². The first-order valence-corrected chi connectivity index (χ1v) is 6.24. The van der Waals surface area contributed by atoms with Crippen LogP contribution in [0.2, 0.25) is 0 Å². The number of rotatable bonds is 3. The summed E-state index contributed by atoms with van der Waals surface area (Å²) in [6, 6.07) is 0. The molecule has 0 aromatic carbocycles. The maximum absolute atomic E-state index is 5.76. The predicted octanol–water partition coefficient (Wildman–Crippen LogP) is 1.87. The molecule has 1 unspecified atom stereocenters. The first-order chi connectivity index (χ1) is 7.24. The summed E-state index contributed by atoms with van der Waals surface area (Å²) >= 11 is 0. The van der Waals surface area contributed by atoms with Crippen molar-refractivity contribution in [2.45, 2.75) is 38.9 Å². The van der Waals surface area contributed by atoms with Crippen molar-refractivity contribution in [3.8, 4) is 0 Å². The Kier molecular flexibility index (Phi) is 3.65. The van der Waals surface area contributed by atoms with Crippen LogP contribution in [-0.2, 0) is 9.47 Å². The molecular formula is C12H23NO2. The zero-order valence-electron chi connectivity index (χ0n) is 10.00. The van der Waals surface area contributed by atoms with Crippen molar-refractivity contribution in [1.29, 1.82) is 0 Å². The Hall–Kier alpha value is -0.120. The topological polar surface area (TPSA) is 21.7 Å². The molecule has 2 saturated heterocycles. The lowest BCUT2D eigenvalue weighted by atomic mass is 10.0. The highest BCUT2D eigenvalue weighted by atomic mass is 16.7. The fraction of sp³-hybridized carbons (Fsp3) is 1.00. The molecule has 15 heavy (non-hydrogen) atoms. The second kappa shape index (κ2) is 4.81. The van der Waals surface area contributed by atoms with Crippen LogP contribution >= 0.6 is 0 Å². The van der Waals surface area contributed by atoms with Crippen molar-refractivity contribution in [2.75, 3.05) is 32.8 Å². The van der Waals surface area contributed by atoms with Crippen LogP contribution in [-0.4, -0.2) is 43.5 Å². The summed E-state index contributed by atoms with van der Waals surface area (Å²) in [6.45, 7) is 9.49. The summed E-state index contributed by atoms with van der Waals surface area (Å²) in [6.07, 6.45) is 3.53. The Balaban J connectivity index is 1.86. The van der Waals surface area contributed by atoms with Crippen LogP contribution in [0.1, 0.15) is 33.1 Å². The Morgan fingerprint density at radius 1 is 1.33 bits per heavy atom. The van der Waals surface area contributed by atoms with Crippen molar-refractivity contribution in [3.05, 3.63) is 0 Å². The van der Waals surface area contributed by atoms with E-state index in [1.165, 1.54) is 25.9 Å². The molecule has 0 saturated carbocycles. The molecule has 0 amide bonds. The van der Waals surface area contributed by atoms with E-state index in [0.717, 1.165) is 32.1 Å².